The summed E-state index contributed by atoms with van der Waals surface area (Å²) < 4.78 is 0. The Morgan fingerprint density at radius 1 is 1.16 bits per heavy atom. The van der Waals surface area contributed by atoms with E-state index in [0.717, 1.165) is 22.4 Å². The van der Waals surface area contributed by atoms with Gasteiger partial charge in [-0.25, -0.2) is 4.79 Å². The number of anilines is 1. The van der Waals surface area contributed by atoms with Gasteiger partial charge >= 0.3 is 5.97 Å². The van der Waals surface area contributed by atoms with Crippen molar-refractivity contribution in [1.29, 1.82) is 0 Å². The van der Waals surface area contributed by atoms with Crippen LogP contribution in [0.15, 0.2) is 12.1 Å². The fraction of sp³-hybridized carbons (Fsp3) is 0.526. The molecule has 2 fully saturated rings. The molecule has 3 rings (SSSR count). The van der Waals surface area contributed by atoms with Crippen molar-refractivity contribution >= 4 is 23.5 Å². The van der Waals surface area contributed by atoms with Crippen LogP contribution in [0.2, 0.25) is 0 Å². The van der Waals surface area contributed by atoms with E-state index >= 15 is 0 Å². The molecule has 2 heterocycles. The number of carbonyl (C=O) groups is 3. The van der Waals surface area contributed by atoms with Gasteiger partial charge < -0.3 is 14.9 Å². The second-order valence-corrected chi connectivity index (χ2v) is 7.18. The van der Waals surface area contributed by atoms with Crippen molar-refractivity contribution in [3.63, 3.8) is 0 Å². The number of aliphatic carboxylic acids is 1. The van der Waals surface area contributed by atoms with Crippen LogP contribution in [-0.4, -0.2) is 46.9 Å². The van der Waals surface area contributed by atoms with Crippen molar-refractivity contribution in [2.75, 3.05) is 18.0 Å². The molecule has 2 unspecified atom stereocenters. The van der Waals surface area contributed by atoms with Crippen molar-refractivity contribution in [2.24, 2.45) is 5.92 Å². The van der Waals surface area contributed by atoms with Gasteiger partial charge in [0.2, 0.25) is 11.8 Å². The Morgan fingerprint density at radius 2 is 1.80 bits per heavy atom. The van der Waals surface area contributed by atoms with E-state index in [2.05, 4.69) is 0 Å². The number of aryl methyl sites for hydroxylation is 3. The molecule has 2 amide bonds. The molecule has 6 nitrogen and oxygen atoms in total. The van der Waals surface area contributed by atoms with Gasteiger partial charge in [0.15, 0.2) is 0 Å². The number of rotatable bonds is 3. The van der Waals surface area contributed by atoms with Gasteiger partial charge in [-0.3, -0.25) is 9.59 Å². The minimum absolute atomic E-state index is 0.0699. The third-order valence-corrected chi connectivity index (χ3v) is 5.20. The highest BCUT2D eigenvalue weighted by atomic mass is 16.4. The van der Waals surface area contributed by atoms with Crippen molar-refractivity contribution in [3.8, 4) is 0 Å². The number of likely N-dealkylation sites (tertiary alicyclic amines) is 1. The van der Waals surface area contributed by atoms with E-state index in [0.29, 0.717) is 25.9 Å². The Hall–Kier alpha value is -2.37. The summed E-state index contributed by atoms with van der Waals surface area (Å²) in [5, 5.41) is 9.28. The normalized spacial score (nSPS) is 23.4. The zero-order valence-electron chi connectivity index (χ0n) is 14.9. The van der Waals surface area contributed by atoms with Crippen LogP contribution < -0.4 is 4.90 Å². The fourth-order valence-electron chi connectivity index (χ4n) is 4.21. The van der Waals surface area contributed by atoms with E-state index in [1.165, 1.54) is 4.90 Å². The molecule has 2 aliphatic rings. The maximum absolute atomic E-state index is 12.8. The van der Waals surface area contributed by atoms with E-state index in [1.54, 1.807) is 4.90 Å². The molecule has 2 atom stereocenters. The van der Waals surface area contributed by atoms with Crippen LogP contribution in [0.25, 0.3) is 0 Å². The summed E-state index contributed by atoms with van der Waals surface area (Å²) in [6.45, 7) is 6.74. The smallest absolute Gasteiger partial charge is 0.326 e. The van der Waals surface area contributed by atoms with Gasteiger partial charge in [0, 0.05) is 25.2 Å². The Morgan fingerprint density at radius 3 is 2.40 bits per heavy atom. The molecular weight excluding hydrogens is 320 g/mol. The van der Waals surface area contributed by atoms with Crippen LogP contribution in [0.5, 0.6) is 0 Å². The lowest BCUT2D eigenvalue weighted by molar-refractivity contribution is -0.149. The fourth-order valence-corrected chi connectivity index (χ4v) is 4.21. The van der Waals surface area contributed by atoms with Crippen LogP contribution in [0, 0.1) is 26.7 Å². The Balaban J connectivity index is 1.81. The number of carboxylic acid groups (broad SMARTS) is 1. The van der Waals surface area contributed by atoms with Gasteiger partial charge in [0.05, 0.1) is 5.92 Å². The molecular formula is C19H24N2O4. The first-order valence-electron chi connectivity index (χ1n) is 8.71. The highest BCUT2D eigenvalue weighted by Gasteiger charge is 2.42. The maximum atomic E-state index is 12.8. The lowest BCUT2D eigenvalue weighted by Gasteiger charge is -2.25. The van der Waals surface area contributed by atoms with E-state index in [1.807, 2.05) is 32.9 Å². The van der Waals surface area contributed by atoms with Gasteiger partial charge in [-0.15, -0.1) is 0 Å². The SMILES string of the molecule is Cc1cc(C)c(N2CC(C(=O)N3CCCC3C(=O)O)CC2=O)c(C)c1. The highest BCUT2D eigenvalue weighted by Crippen LogP contribution is 2.33. The van der Waals surface area contributed by atoms with Crippen LogP contribution in [-0.2, 0) is 14.4 Å². The third kappa shape index (κ3) is 3.13. The number of nitrogens with zero attached hydrogens (tertiary/aromatic N) is 2. The topological polar surface area (TPSA) is 77.9 Å². The molecule has 25 heavy (non-hydrogen) atoms. The van der Waals surface area contributed by atoms with Crippen LogP contribution in [0.3, 0.4) is 0 Å². The predicted molar refractivity (Wildman–Crippen MR) is 93.5 cm³/mol. The Bertz CT molecular complexity index is 720. The maximum Gasteiger partial charge on any atom is 0.326 e. The minimum Gasteiger partial charge on any atom is -0.480 e. The average Bonchev–Trinajstić information content (AvgIpc) is 3.13. The largest absolute Gasteiger partial charge is 0.480 e. The zero-order valence-corrected chi connectivity index (χ0v) is 14.9. The summed E-state index contributed by atoms with van der Waals surface area (Å²) in [6, 6.07) is 3.32. The summed E-state index contributed by atoms with van der Waals surface area (Å²) >= 11 is 0. The number of benzene rings is 1. The first-order valence-corrected chi connectivity index (χ1v) is 8.71. The number of hydrogen-bond acceptors (Lipinski definition) is 3. The molecule has 2 aliphatic heterocycles. The van der Waals surface area contributed by atoms with Crippen LogP contribution >= 0.6 is 0 Å². The predicted octanol–water partition coefficient (Wildman–Crippen LogP) is 2.04. The van der Waals surface area contributed by atoms with Gasteiger partial charge in [0.25, 0.3) is 0 Å². The molecule has 1 aromatic rings. The number of amides is 2. The Kier molecular flexibility index (Phi) is 4.54. The third-order valence-electron chi connectivity index (χ3n) is 5.20. The summed E-state index contributed by atoms with van der Waals surface area (Å²) in [6.07, 6.45) is 1.33. The van der Waals surface area contributed by atoms with Crippen molar-refractivity contribution in [1.82, 2.24) is 4.90 Å². The number of carbonyl (C=O) groups excluding carboxylic acids is 2. The summed E-state index contributed by atoms with van der Waals surface area (Å²) in [5.41, 5.74) is 4.05. The zero-order chi connectivity index (χ0) is 18.3. The van der Waals surface area contributed by atoms with Gasteiger partial charge in [0.1, 0.15) is 6.04 Å². The molecule has 2 saturated heterocycles. The van der Waals surface area contributed by atoms with Crippen molar-refractivity contribution in [3.05, 3.63) is 28.8 Å². The summed E-state index contributed by atoms with van der Waals surface area (Å²) in [5.74, 6) is -1.70. The molecule has 0 radical (unpaired) electrons. The van der Waals surface area contributed by atoms with E-state index < -0.39 is 17.9 Å². The quantitative estimate of drug-likeness (QED) is 0.910. The first kappa shape index (κ1) is 17.5. The van der Waals surface area contributed by atoms with Gasteiger partial charge in [-0.05, 0) is 44.7 Å². The molecule has 6 heteroatoms. The minimum atomic E-state index is -0.961. The average molecular weight is 344 g/mol. The van der Waals surface area contributed by atoms with E-state index in [4.69, 9.17) is 0 Å². The van der Waals surface area contributed by atoms with Gasteiger partial charge in [-0.2, -0.15) is 0 Å². The standard InChI is InChI=1S/C19H24N2O4/c1-11-7-12(2)17(13(3)8-11)21-10-14(9-16(21)22)18(23)20-6-4-5-15(20)19(24)25/h7-8,14-15H,4-6,9-10H2,1-3H3,(H,24,25). The Labute approximate surface area is 147 Å². The lowest BCUT2D eigenvalue weighted by atomic mass is 10.0. The van der Waals surface area contributed by atoms with Crippen molar-refractivity contribution in [2.45, 2.75) is 46.1 Å². The molecule has 1 aromatic carbocycles. The molecule has 0 spiro atoms. The van der Waals surface area contributed by atoms with Gasteiger partial charge in [-0.1, -0.05) is 17.7 Å². The number of hydrogen-bond donors (Lipinski definition) is 1. The van der Waals surface area contributed by atoms with Crippen LogP contribution in [0.4, 0.5) is 5.69 Å². The second kappa shape index (κ2) is 6.50. The lowest BCUT2D eigenvalue weighted by Crippen LogP contribution is -2.44. The molecule has 0 aliphatic carbocycles. The first-order chi connectivity index (χ1) is 11.8. The molecule has 0 aromatic heterocycles. The van der Waals surface area contributed by atoms with E-state index in [9.17, 15) is 19.5 Å². The summed E-state index contributed by atoms with van der Waals surface area (Å²) in [4.78, 5) is 39.8. The summed E-state index contributed by atoms with van der Waals surface area (Å²) in [7, 11) is 0. The molecule has 0 saturated carbocycles. The van der Waals surface area contributed by atoms with E-state index in [-0.39, 0.29) is 18.2 Å². The molecule has 1 N–H and O–H groups in total. The number of carboxylic acids is 1. The van der Waals surface area contributed by atoms with Crippen molar-refractivity contribution < 1.29 is 19.5 Å². The second-order valence-electron chi connectivity index (χ2n) is 7.18. The molecule has 0 bridgehead atoms. The van der Waals surface area contributed by atoms with Crippen LogP contribution in [0.1, 0.15) is 36.0 Å². The monoisotopic (exact) mass is 344 g/mol. The molecule has 134 valence electrons. The highest BCUT2D eigenvalue weighted by molar-refractivity contribution is 6.02.